The van der Waals surface area contributed by atoms with E-state index in [1.165, 1.54) is 12.0 Å². The Balaban J connectivity index is 1.78. The van der Waals surface area contributed by atoms with Gasteiger partial charge < -0.3 is 19.3 Å². The molecule has 1 saturated carbocycles. The van der Waals surface area contributed by atoms with Gasteiger partial charge in [-0.25, -0.2) is 4.79 Å². The van der Waals surface area contributed by atoms with Gasteiger partial charge in [0.2, 0.25) is 0 Å². The smallest absolute Gasteiger partial charge is 0.326 e. The Morgan fingerprint density at radius 1 is 1.50 bits per heavy atom. The number of carbonyl (C=O) groups is 2. The molecule has 1 amide bonds. The number of methoxy groups -OCH3 is 1. The summed E-state index contributed by atoms with van der Waals surface area (Å²) in [7, 11) is 1.51. The third-order valence-corrected chi connectivity index (χ3v) is 3.87. The van der Waals surface area contributed by atoms with Crippen LogP contribution in [0.25, 0.3) is 0 Å². The lowest BCUT2D eigenvalue weighted by Crippen LogP contribution is -2.40. The lowest BCUT2D eigenvalue weighted by Gasteiger charge is -2.19. The van der Waals surface area contributed by atoms with Crippen LogP contribution in [-0.2, 0) is 9.53 Å². The summed E-state index contributed by atoms with van der Waals surface area (Å²) in [4.78, 5) is 24.9. The molecule has 0 aromatic carbocycles. The maximum atomic E-state index is 12.4. The molecule has 7 nitrogen and oxygen atoms in total. The Labute approximate surface area is 115 Å². The first-order chi connectivity index (χ1) is 9.60. The second-order valence-corrected chi connectivity index (χ2v) is 5.29. The fraction of sp³-hybridized carbons (Fsp3) is 0.615. The molecule has 1 saturated heterocycles. The molecule has 0 unspecified atom stereocenters. The molecule has 3 rings (SSSR count). The number of ether oxygens (including phenoxy) is 1. The minimum absolute atomic E-state index is 0.176. The van der Waals surface area contributed by atoms with Gasteiger partial charge in [0.25, 0.3) is 5.91 Å². The van der Waals surface area contributed by atoms with Gasteiger partial charge in [0, 0.05) is 32.1 Å². The molecule has 1 N–H and O–H groups in total. The zero-order valence-corrected chi connectivity index (χ0v) is 11.1. The number of rotatable bonds is 4. The fourth-order valence-corrected chi connectivity index (χ4v) is 2.52. The number of aliphatic carboxylic acids is 1. The maximum Gasteiger partial charge on any atom is 0.326 e. The van der Waals surface area contributed by atoms with E-state index in [1.54, 1.807) is 6.07 Å². The monoisotopic (exact) mass is 280 g/mol. The number of hydrogen-bond donors (Lipinski definition) is 1. The highest BCUT2D eigenvalue weighted by atomic mass is 16.5. The van der Waals surface area contributed by atoms with Gasteiger partial charge in [0.15, 0.2) is 5.69 Å². The van der Waals surface area contributed by atoms with E-state index in [9.17, 15) is 14.7 Å². The van der Waals surface area contributed by atoms with E-state index in [1.807, 2.05) is 0 Å². The molecule has 2 fully saturated rings. The normalized spacial score (nSPS) is 25.9. The first kappa shape index (κ1) is 13.1. The highest BCUT2D eigenvalue weighted by Gasteiger charge is 2.41. The number of hydrogen-bond acceptors (Lipinski definition) is 5. The van der Waals surface area contributed by atoms with Gasteiger partial charge in [-0.15, -0.1) is 0 Å². The van der Waals surface area contributed by atoms with Crippen molar-refractivity contribution < 1.29 is 24.0 Å². The highest BCUT2D eigenvalue weighted by Crippen LogP contribution is 2.40. The van der Waals surface area contributed by atoms with Crippen LogP contribution in [0.2, 0.25) is 0 Å². The second-order valence-electron chi connectivity index (χ2n) is 5.29. The van der Waals surface area contributed by atoms with Gasteiger partial charge in [-0.1, -0.05) is 5.16 Å². The van der Waals surface area contributed by atoms with Crippen molar-refractivity contribution in [2.75, 3.05) is 13.7 Å². The van der Waals surface area contributed by atoms with Crippen LogP contribution in [0, 0.1) is 0 Å². The summed E-state index contributed by atoms with van der Waals surface area (Å²) in [5, 5.41) is 13.0. The van der Waals surface area contributed by atoms with E-state index < -0.39 is 17.9 Å². The molecule has 7 heteroatoms. The van der Waals surface area contributed by atoms with Crippen LogP contribution in [0.3, 0.4) is 0 Å². The van der Waals surface area contributed by atoms with Gasteiger partial charge >= 0.3 is 5.97 Å². The Bertz CT molecular complexity index is 537. The van der Waals surface area contributed by atoms with Gasteiger partial charge in [-0.05, 0) is 12.8 Å². The van der Waals surface area contributed by atoms with E-state index in [-0.39, 0.29) is 18.3 Å². The van der Waals surface area contributed by atoms with E-state index in [0.717, 1.165) is 12.8 Å². The van der Waals surface area contributed by atoms with E-state index in [2.05, 4.69) is 5.16 Å². The van der Waals surface area contributed by atoms with Crippen LogP contribution in [-0.4, -0.2) is 52.8 Å². The predicted molar refractivity (Wildman–Crippen MR) is 66.4 cm³/mol. The quantitative estimate of drug-likeness (QED) is 0.879. The number of nitrogens with zero attached hydrogens (tertiary/aromatic N) is 2. The van der Waals surface area contributed by atoms with E-state index >= 15 is 0 Å². The number of carboxylic acid groups (broad SMARTS) is 1. The summed E-state index contributed by atoms with van der Waals surface area (Å²) < 4.78 is 10.3. The van der Waals surface area contributed by atoms with Gasteiger partial charge in [0.1, 0.15) is 11.8 Å². The van der Waals surface area contributed by atoms with Gasteiger partial charge in [0.05, 0.1) is 6.10 Å². The number of carboxylic acids is 1. The van der Waals surface area contributed by atoms with Crippen LogP contribution >= 0.6 is 0 Å². The third-order valence-electron chi connectivity index (χ3n) is 3.87. The van der Waals surface area contributed by atoms with Crippen molar-refractivity contribution in [3.8, 4) is 0 Å². The van der Waals surface area contributed by atoms with Crippen molar-refractivity contribution in [3.05, 3.63) is 17.5 Å². The molecule has 1 aliphatic heterocycles. The molecule has 0 bridgehead atoms. The molecule has 1 aliphatic carbocycles. The van der Waals surface area contributed by atoms with Crippen LogP contribution in [0.15, 0.2) is 10.6 Å². The third kappa shape index (κ3) is 2.29. The summed E-state index contributed by atoms with van der Waals surface area (Å²) in [6.07, 6.45) is 2.15. The number of likely N-dealkylation sites (tertiary alicyclic amines) is 1. The maximum absolute atomic E-state index is 12.4. The fourth-order valence-electron chi connectivity index (χ4n) is 2.52. The van der Waals surface area contributed by atoms with Crippen molar-refractivity contribution in [3.63, 3.8) is 0 Å². The zero-order chi connectivity index (χ0) is 14.3. The molecule has 2 heterocycles. The van der Waals surface area contributed by atoms with Gasteiger partial charge in [-0.3, -0.25) is 4.79 Å². The van der Waals surface area contributed by atoms with Crippen LogP contribution < -0.4 is 0 Å². The first-order valence-electron chi connectivity index (χ1n) is 6.63. The molecule has 20 heavy (non-hydrogen) atoms. The molecule has 2 aliphatic rings. The zero-order valence-electron chi connectivity index (χ0n) is 11.1. The van der Waals surface area contributed by atoms with Crippen molar-refractivity contribution in [2.45, 2.75) is 37.3 Å². The van der Waals surface area contributed by atoms with Crippen LogP contribution in [0.4, 0.5) is 0 Å². The second kappa shape index (κ2) is 4.90. The van der Waals surface area contributed by atoms with Gasteiger partial charge in [-0.2, -0.15) is 0 Å². The van der Waals surface area contributed by atoms with Crippen molar-refractivity contribution in [1.82, 2.24) is 10.1 Å². The van der Waals surface area contributed by atoms with Crippen molar-refractivity contribution >= 4 is 11.9 Å². The first-order valence-corrected chi connectivity index (χ1v) is 6.63. The number of amides is 1. The Morgan fingerprint density at radius 2 is 2.25 bits per heavy atom. The molecule has 2 atom stereocenters. The minimum Gasteiger partial charge on any atom is -0.480 e. The predicted octanol–water partition coefficient (Wildman–Crippen LogP) is 0.866. The van der Waals surface area contributed by atoms with Crippen LogP contribution in [0.5, 0.6) is 0 Å². The standard InChI is InChI=1S/C13H16N2O5/c1-19-8-4-10(13(17)18)15(6-8)12(16)9-5-11(20-14-9)7-2-3-7/h5,7-8,10H,2-4,6H2,1H3,(H,17,18)/t8-,10+/m0/s1. The summed E-state index contributed by atoms with van der Waals surface area (Å²) in [5.74, 6) is -0.358. The molecular weight excluding hydrogens is 264 g/mol. The topological polar surface area (TPSA) is 92.9 Å². The Kier molecular flexibility index (Phi) is 3.21. The molecular formula is C13H16N2O5. The lowest BCUT2D eigenvalue weighted by atomic mass is 10.2. The SMILES string of the molecule is CO[C@H]1C[C@H](C(=O)O)N(C(=O)c2cc(C3CC3)on2)C1. The Morgan fingerprint density at radius 3 is 2.85 bits per heavy atom. The molecule has 108 valence electrons. The number of aromatic nitrogens is 1. The minimum atomic E-state index is -1.02. The van der Waals surface area contributed by atoms with Crippen LogP contribution in [0.1, 0.15) is 41.4 Å². The highest BCUT2D eigenvalue weighted by molar-refractivity contribution is 5.95. The van der Waals surface area contributed by atoms with Crippen molar-refractivity contribution in [2.24, 2.45) is 0 Å². The average molecular weight is 280 g/mol. The number of carbonyl (C=O) groups excluding carboxylic acids is 1. The van der Waals surface area contributed by atoms with Crippen molar-refractivity contribution in [1.29, 1.82) is 0 Å². The summed E-state index contributed by atoms with van der Waals surface area (Å²) in [6.45, 7) is 0.262. The Hall–Kier alpha value is -1.89. The van der Waals surface area contributed by atoms with E-state index in [0.29, 0.717) is 18.1 Å². The largest absolute Gasteiger partial charge is 0.480 e. The summed E-state index contributed by atoms with van der Waals surface area (Å²) in [5.41, 5.74) is 0.176. The summed E-state index contributed by atoms with van der Waals surface area (Å²) >= 11 is 0. The average Bonchev–Trinajstić information content (AvgIpc) is 3.02. The molecule has 1 aromatic rings. The molecule has 1 aromatic heterocycles. The lowest BCUT2D eigenvalue weighted by molar-refractivity contribution is -0.141. The van der Waals surface area contributed by atoms with E-state index in [4.69, 9.17) is 9.26 Å². The molecule has 0 spiro atoms. The summed E-state index contributed by atoms with van der Waals surface area (Å²) in [6, 6.07) is 0.757. The molecule has 0 radical (unpaired) electrons.